The second-order valence-electron chi connectivity index (χ2n) is 3.18. The second-order valence-corrected chi connectivity index (χ2v) is 3.18. The summed E-state index contributed by atoms with van der Waals surface area (Å²) in [7, 11) is 0. The maximum Gasteiger partial charge on any atom is 0.174 e. The average molecular weight is 192 g/mol. The van der Waals surface area contributed by atoms with Crippen molar-refractivity contribution in [3.63, 3.8) is 0 Å². The Bertz CT molecular complexity index is 358. The van der Waals surface area contributed by atoms with Gasteiger partial charge < -0.3 is 9.47 Å². The molecule has 0 unspecified atom stereocenters. The van der Waals surface area contributed by atoms with Gasteiger partial charge in [0.1, 0.15) is 6.61 Å². The number of ether oxygens (including phenoxy) is 2. The highest BCUT2D eigenvalue weighted by Gasteiger charge is 2.19. The highest BCUT2D eigenvalue weighted by molar-refractivity contribution is 5.85. The Hall–Kier alpha value is -1.51. The zero-order valence-corrected chi connectivity index (χ0v) is 8.08. The van der Waals surface area contributed by atoms with E-state index in [2.05, 4.69) is 0 Å². The Morgan fingerprint density at radius 3 is 3.14 bits per heavy atom. The fourth-order valence-corrected chi connectivity index (χ4v) is 1.55. The van der Waals surface area contributed by atoms with Gasteiger partial charge in [0.2, 0.25) is 0 Å². The van der Waals surface area contributed by atoms with E-state index in [1.807, 2.05) is 25.1 Å². The number of Topliss-reactive ketones (excluding diaryl/α,β-unsaturated/α-hetero) is 1. The zero-order chi connectivity index (χ0) is 9.97. The number of carbonyl (C=O) groups excluding carboxylic acids is 1. The van der Waals surface area contributed by atoms with Crippen molar-refractivity contribution in [2.75, 3.05) is 13.2 Å². The number of carbonyl (C=O) groups is 1. The largest absolute Gasteiger partial charge is 0.490 e. The third-order valence-corrected chi connectivity index (χ3v) is 2.13. The Labute approximate surface area is 82.6 Å². The summed E-state index contributed by atoms with van der Waals surface area (Å²) < 4.78 is 10.7. The van der Waals surface area contributed by atoms with Crippen LogP contribution in [-0.2, 0) is 11.2 Å². The van der Waals surface area contributed by atoms with Gasteiger partial charge in [-0.1, -0.05) is 12.1 Å². The predicted octanol–water partition coefficient (Wildman–Crippen LogP) is 1.59. The molecule has 3 nitrogen and oxygen atoms in total. The van der Waals surface area contributed by atoms with Gasteiger partial charge in [-0.05, 0) is 13.0 Å². The van der Waals surface area contributed by atoms with Gasteiger partial charge in [-0.3, -0.25) is 4.79 Å². The molecule has 1 aromatic rings. The third kappa shape index (κ3) is 1.58. The summed E-state index contributed by atoms with van der Waals surface area (Å²) in [4.78, 5) is 11.1. The summed E-state index contributed by atoms with van der Waals surface area (Å²) in [6.07, 6.45) is 0.455. The van der Waals surface area contributed by atoms with Crippen LogP contribution in [0.3, 0.4) is 0 Å². The molecule has 0 bridgehead atoms. The predicted molar refractivity (Wildman–Crippen MR) is 51.8 cm³/mol. The van der Waals surface area contributed by atoms with Crippen LogP contribution in [0, 0.1) is 0 Å². The number of hydrogen-bond acceptors (Lipinski definition) is 3. The van der Waals surface area contributed by atoms with Gasteiger partial charge in [0.05, 0.1) is 6.61 Å². The number of hydrogen-bond donors (Lipinski definition) is 0. The minimum absolute atomic E-state index is 0.117. The van der Waals surface area contributed by atoms with Crippen LogP contribution in [0.1, 0.15) is 12.5 Å². The maximum atomic E-state index is 11.1. The molecule has 1 aliphatic rings. The van der Waals surface area contributed by atoms with Crippen molar-refractivity contribution in [3.05, 3.63) is 23.8 Å². The van der Waals surface area contributed by atoms with E-state index in [1.54, 1.807) is 0 Å². The SMILES string of the molecule is CCOc1cccc2c1OCC(=O)C2. The van der Waals surface area contributed by atoms with E-state index in [9.17, 15) is 4.79 Å². The first kappa shape index (κ1) is 9.06. The molecular formula is C11H12O3. The van der Waals surface area contributed by atoms with Gasteiger partial charge >= 0.3 is 0 Å². The minimum atomic E-state index is 0.117. The lowest BCUT2D eigenvalue weighted by Gasteiger charge is -2.19. The molecule has 1 heterocycles. The van der Waals surface area contributed by atoms with Crippen LogP contribution in [0.4, 0.5) is 0 Å². The average Bonchev–Trinajstić information content (AvgIpc) is 2.18. The van der Waals surface area contributed by atoms with Crippen molar-refractivity contribution < 1.29 is 14.3 Å². The number of rotatable bonds is 2. The first-order valence-corrected chi connectivity index (χ1v) is 4.70. The number of para-hydroxylation sites is 1. The lowest BCUT2D eigenvalue weighted by Crippen LogP contribution is -2.20. The summed E-state index contributed by atoms with van der Waals surface area (Å²) in [5.74, 6) is 1.58. The molecule has 0 amide bonds. The third-order valence-electron chi connectivity index (χ3n) is 2.13. The van der Waals surface area contributed by atoms with Gasteiger partial charge in [0.25, 0.3) is 0 Å². The molecule has 0 fully saturated rings. The van der Waals surface area contributed by atoms with Crippen molar-refractivity contribution >= 4 is 5.78 Å². The van der Waals surface area contributed by atoms with E-state index in [-0.39, 0.29) is 12.4 Å². The topological polar surface area (TPSA) is 35.5 Å². The minimum Gasteiger partial charge on any atom is -0.490 e. The molecule has 0 saturated carbocycles. The van der Waals surface area contributed by atoms with E-state index in [4.69, 9.17) is 9.47 Å². The molecule has 1 aliphatic heterocycles. The Morgan fingerprint density at radius 1 is 1.50 bits per heavy atom. The standard InChI is InChI=1S/C11H12O3/c1-2-13-10-5-3-4-8-6-9(12)7-14-11(8)10/h3-5H,2,6-7H2,1H3. The number of fused-ring (bicyclic) bond motifs is 1. The van der Waals surface area contributed by atoms with Gasteiger partial charge in [-0.2, -0.15) is 0 Å². The van der Waals surface area contributed by atoms with Crippen molar-refractivity contribution in [3.8, 4) is 11.5 Å². The van der Waals surface area contributed by atoms with Crippen LogP contribution >= 0.6 is 0 Å². The quantitative estimate of drug-likeness (QED) is 0.713. The molecule has 1 aromatic carbocycles. The van der Waals surface area contributed by atoms with Gasteiger partial charge in [0.15, 0.2) is 17.3 Å². The molecule has 0 saturated heterocycles. The van der Waals surface area contributed by atoms with Crippen LogP contribution in [0.5, 0.6) is 11.5 Å². The first-order chi connectivity index (χ1) is 6.81. The Morgan fingerprint density at radius 2 is 2.36 bits per heavy atom. The van der Waals surface area contributed by atoms with Crippen LogP contribution in [0.25, 0.3) is 0 Å². The van der Waals surface area contributed by atoms with Crippen LogP contribution < -0.4 is 9.47 Å². The summed E-state index contributed by atoms with van der Waals surface area (Å²) in [6, 6.07) is 5.64. The first-order valence-electron chi connectivity index (χ1n) is 4.70. The van der Waals surface area contributed by atoms with Crippen molar-refractivity contribution in [1.29, 1.82) is 0 Å². The lowest BCUT2D eigenvalue weighted by molar-refractivity contribution is -0.121. The zero-order valence-electron chi connectivity index (χ0n) is 8.08. The second kappa shape index (κ2) is 3.70. The van der Waals surface area contributed by atoms with Crippen molar-refractivity contribution in [2.45, 2.75) is 13.3 Å². The van der Waals surface area contributed by atoms with E-state index in [1.165, 1.54) is 0 Å². The molecular weight excluding hydrogens is 180 g/mol. The molecule has 14 heavy (non-hydrogen) atoms. The molecule has 3 heteroatoms. The number of ketones is 1. The van der Waals surface area contributed by atoms with Crippen LogP contribution in [-0.4, -0.2) is 19.0 Å². The molecule has 0 aromatic heterocycles. The molecule has 0 radical (unpaired) electrons. The van der Waals surface area contributed by atoms with Crippen LogP contribution in [0.2, 0.25) is 0 Å². The molecule has 0 aliphatic carbocycles. The lowest BCUT2D eigenvalue weighted by atomic mass is 10.1. The highest BCUT2D eigenvalue weighted by atomic mass is 16.5. The molecule has 0 N–H and O–H groups in total. The van der Waals surface area contributed by atoms with E-state index in [0.717, 1.165) is 17.1 Å². The Kier molecular flexibility index (Phi) is 2.39. The smallest absolute Gasteiger partial charge is 0.174 e. The monoisotopic (exact) mass is 192 g/mol. The summed E-state index contributed by atoms with van der Waals surface area (Å²) in [6.45, 7) is 2.69. The molecule has 2 rings (SSSR count). The van der Waals surface area contributed by atoms with Gasteiger partial charge in [-0.15, -0.1) is 0 Å². The van der Waals surface area contributed by atoms with Crippen LogP contribution in [0.15, 0.2) is 18.2 Å². The fraction of sp³-hybridized carbons (Fsp3) is 0.364. The maximum absolute atomic E-state index is 11.1. The van der Waals surface area contributed by atoms with Gasteiger partial charge in [0, 0.05) is 12.0 Å². The van der Waals surface area contributed by atoms with E-state index >= 15 is 0 Å². The number of benzene rings is 1. The summed E-state index contributed by atoms with van der Waals surface area (Å²) >= 11 is 0. The fourth-order valence-electron chi connectivity index (χ4n) is 1.55. The van der Waals surface area contributed by atoms with Crippen molar-refractivity contribution in [1.82, 2.24) is 0 Å². The summed E-state index contributed by atoms with van der Waals surface area (Å²) in [5.41, 5.74) is 0.923. The molecule has 74 valence electrons. The normalized spacial score (nSPS) is 14.5. The van der Waals surface area contributed by atoms with Crippen molar-refractivity contribution in [2.24, 2.45) is 0 Å². The highest BCUT2D eigenvalue weighted by Crippen LogP contribution is 2.33. The Balaban J connectivity index is 2.36. The summed E-state index contributed by atoms with van der Waals surface area (Å²) in [5, 5.41) is 0. The van der Waals surface area contributed by atoms with E-state index < -0.39 is 0 Å². The van der Waals surface area contributed by atoms with Gasteiger partial charge in [-0.25, -0.2) is 0 Å². The molecule has 0 spiro atoms. The molecule has 0 atom stereocenters. The van der Waals surface area contributed by atoms with E-state index in [0.29, 0.717) is 13.0 Å².